The van der Waals surface area contributed by atoms with Crippen molar-refractivity contribution in [3.05, 3.63) is 42.2 Å². The van der Waals surface area contributed by atoms with Gasteiger partial charge in [-0.15, -0.1) is 0 Å². The van der Waals surface area contributed by atoms with Gasteiger partial charge in [0.05, 0.1) is 0 Å². The molecule has 2 aliphatic rings. The van der Waals surface area contributed by atoms with Gasteiger partial charge in [-0.05, 0) is 43.5 Å². The van der Waals surface area contributed by atoms with Crippen LogP contribution < -0.4 is 15.5 Å². The highest BCUT2D eigenvalue weighted by Gasteiger charge is 2.31. The van der Waals surface area contributed by atoms with E-state index >= 15 is 0 Å². The molecular formula is C20H26N6O. The quantitative estimate of drug-likeness (QED) is 0.831. The van der Waals surface area contributed by atoms with E-state index in [9.17, 15) is 4.79 Å². The van der Waals surface area contributed by atoms with Gasteiger partial charge in [0, 0.05) is 56.5 Å². The maximum Gasteiger partial charge on any atom is 0.245 e. The number of hydrogen-bond acceptors (Lipinski definition) is 6. The number of fused-ring (bicyclic) bond motifs is 1. The molecule has 0 saturated carbocycles. The molecule has 1 aromatic heterocycles. The molecule has 0 aliphatic carbocycles. The molecule has 7 nitrogen and oxygen atoms in total. The molecule has 27 heavy (non-hydrogen) atoms. The molecule has 1 unspecified atom stereocenters. The molecule has 1 fully saturated rings. The summed E-state index contributed by atoms with van der Waals surface area (Å²) in [6, 6.07) is 7.63. The number of carbonyl (C=O) groups excluding carboxylic acids is 1. The Morgan fingerprint density at radius 3 is 2.56 bits per heavy atom. The highest BCUT2D eigenvalue weighted by atomic mass is 16.2. The van der Waals surface area contributed by atoms with E-state index in [0.29, 0.717) is 13.1 Å². The van der Waals surface area contributed by atoms with Crippen molar-refractivity contribution in [3.63, 3.8) is 0 Å². The number of benzene rings is 1. The summed E-state index contributed by atoms with van der Waals surface area (Å²) in [5, 5.41) is 0. The Morgan fingerprint density at radius 1 is 1.07 bits per heavy atom. The second-order valence-electron chi connectivity index (χ2n) is 7.18. The van der Waals surface area contributed by atoms with Gasteiger partial charge in [-0.2, -0.15) is 0 Å². The van der Waals surface area contributed by atoms with Crippen molar-refractivity contribution in [2.45, 2.75) is 25.8 Å². The Kier molecular flexibility index (Phi) is 4.83. The van der Waals surface area contributed by atoms with Crippen molar-refractivity contribution in [1.82, 2.24) is 14.9 Å². The second kappa shape index (κ2) is 7.42. The van der Waals surface area contributed by atoms with Gasteiger partial charge in [0.25, 0.3) is 0 Å². The van der Waals surface area contributed by atoms with Crippen LogP contribution in [0.4, 0.5) is 17.3 Å². The first-order valence-electron chi connectivity index (χ1n) is 9.60. The van der Waals surface area contributed by atoms with Crippen LogP contribution in [0, 0.1) is 0 Å². The molecule has 2 N–H and O–H groups in total. The van der Waals surface area contributed by atoms with Crippen LogP contribution in [0.5, 0.6) is 0 Å². The van der Waals surface area contributed by atoms with E-state index in [0.717, 1.165) is 49.8 Å². The van der Waals surface area contributed by atoms with Crippen LogP contribution >= 0.6 is 0 Å². The molecule has 3 heterocycles. The number of rotatable bonds is 3. The minimum atomic E-state index is -0.189. The maximum atomic E-state index is 13.1. The van der Waals surface area contributed by atoms with Crippen LogP contribution in [-0.4, -0.2) is 59.5 Å². The summed E-state index contributed by atoms with van der Waals surface area (Å²) in [6.45, 7) is 5.80. The maximum absolute atomic E-state index is 13.1. The fraction of sp³-hybridized carbons (Fsp3) is 0.450. The normalized spacial score (nSPS) is 18.2. The average molecular weight is 366 g/mol. The molecule has 142 valence electrons. The first-order valence-corrected chi connectivity index (χ1v) is 9.60. The molecule has 1 amide bonds. The number of anilines is 3. The van der Waals surface area contributed by atoms with Gasteiger partial charge in [-0.25, -0.2) is 9.97 Å². The Bertz CT molecular complexity index is 803. The topological polar surface area (TPSA) is 78.6 Å². The number of piperazine rings is 1. The van der Waals surface area contributed by atoms with Crippen LogP contribution in [0.15, 0.2) is 36.7 Å². The van der Waals surface area contributed by atoms with Gasteiger partial charge < -0.3 is 20.4 Å². The summed E-state index contributed by atoms with van der Waals surface area (Å²) in [5.41, 5.74) is 9.27. The Labute approximate surface area is 159 Å². The van der Waals surface area contributed by atoms with Gasteiger partial charge in [0.15, 0.2) is 0 Å². The van der Waals surface area contributed by atoms with E-state index in [1.807, 2.05) is 30.0 Å². The van der Waals surface area contributed by atoms with Gasteiger partial charge in [-0.1, -0.05) is 6.07 Å². The Balaban J connectivity index is 1.43. The number of nitrogens with zero attached hydrogens (tertiary/aromatic N) is 5. The number of nitrogen functional groups attached to an aromatic ring is 1. The van der Waals surface area contributed by atoms with Crippen LogP contribution in [-0.2, 0) is 11.2 Å². The number of carbonyl (C=O) groups is 1. The van der Waals surface area contributed by atoms with Gasteiger partial charge in [0.2, 0.25) is 11.9 Å². The summed E-state index contributed by atoms with van der Waals surface area (Å²) < 4.78 is 0. The number of amides is 1. The van der Waals surface area contributed by atoms with Gasteiger partial charge in [-0.3, -0.25) is 4.79 Å². The van der Waals surface area contributed by atoms with E-state index in [1.54, 1.807) is 12.4 Å². The Hall–Kier alpha value is -2.83. The highest BCUT2D eigenvalue weighted by molar-refractivity contribution is 5.86. The molecule has 0 spiro atoms. The lowest BCUT2D eigenvalue weighted by molar-refractivity contribution is -0.132. The zero-order chi connectivity index (χ0) is 18.8. The van der Waals surface area contributed by atoms with Gasteiger partial charge >= 0.3 is 0 Å². The molecule has 1 atom stereocenters. The molecule has 1 saturated heterocycles. The van der Waals surface area contributed by atoms with Crippen molar-refractivity contribution in [2.75, 3.05) is 48.3 Å². The van der Waals surface area contributed by atoms with Crippen LogP contribution in [0.2, 0.25) is 0 Å². The largest absolute Gasteiger partial charge is 0.398 e. The fourth-order valence-corrected chi connectivity index (χ4v) is 4.06. The monoisotopic (exact) mass is 366 g/mol. The van der Waals surface area contributed by atoms with Crippen LogP contribution in [0.25, 0.3) is 0 Å². The molecule has 7 heteroatoms. The molecule has 0 radical (unpaired) electrons. The lowest BCUT2D eigenvalue weighted by atomic mass is 9.98. The smallest absolute Gasteiger partial charge is 0.245 e. The number of nitrogens with two attached hydrogens (primary N) is 1. The summed E-state index contributed by atoms with van der Waals surface area (Å²) in [5.74, 6) is 0.914. The summed E-state index contributed by atoms with van der Waals surface area (Å²) in [6.07, 6.45) is 5.51. The SMILES string of the molecule is CC(C(=O)N1CCN(c2ncccn2)CC1)N1CCCc2c(N)cccc21. The molecule has 2 aliphatic heterocycles. The lowest BCUT2D eigenvalue weighted by Gasteiger charge is -2.40. The minimum Gasteiger partial charge on any atom is -0.398 e. The van der Waals surface area contributed by atoms with Crippen LogP contribution in [0.1, 0.15) is 18.9 Å². The molecule has 0 bridgehead atoms. The summed E-state index contributed by atoms with van der Waals surface area (Å²) >= 11 is 0. The number of hydrogen-bond donors (Lipinski definition) is 1. The lowest BCUT2D eigenvalue weighted by Crippen LogP contribution is -2.55. The zero-order valence-electron chi connectivity index (χ0n) is 15.7. The molecule has 1 aromatic carbocycles. The van der Waals surface area contributed by atoms with Crippen molar-refractivity contribution in [1.29, 1.82) is 0 Å². The third kappa shape index (κ3) is 3.41. The highest BCUT2D eigenvalue weighted by Crippen LogP contribution is 2.32. The zero-order valence-corrected chi connectivity index (χ0v) is 15.7. The standard InChI is InChI=1S/C20H26N6O/c1-15(26-10-3-5-16-17(21)6-2-7-18(16)26)19(27)24-11-13-25(14-12-24)20-22-8-4-9-23-20/h2,4,6-9,15H,3,5,10-14,21H2,1H3. The van der Waals surface area contributed by atoms with Crippen molar-refractivity contribution < 1.29 is 4.79 Å². The second-order valence-corrected chi connectivity index (χ2v) is 7.18. The van der Waals surface area contributed by atoms with E-state index in [-0.39, 0.29) is 11.9 Å². The summed E-state index contributed by atoms with van der Waals surface area (Å²) in [7, 11) is 0. The van der Waals surface area contributed by atoms with E-state index in [1.165, 1.54) is 5.56 Å². The van der Waals surface area contributed by atoms with Crippen LogP contribution in [0.3, 0.4) is 0 Å². The van der Waals surface area contributed by atoms with Gasteiger partial charge in [0.1, 0.15) is 6.04 Å². The van der Waals surface area contributed by atoms with E-state index in [2.05, 4.69) is 25.8 Å². The Morgan fingerprint density at radius 2 is 1.81 bits per heavy atom. The molecule has 4 rings (SSSR count). The van der Waals surface area contributed by atoms with Crippen molar-refractivity contribution in [2.24, 2.45) is 0 Å². The minimum absolute atomic E-state index is 0.180. The van der Waals surface area contributed by atoms with E-state index in [4.69, 9.17) is 5.73 Å². The van der Waals surface area contributed by atoms with Crippen molar-refractivity contribution >= 4 is 23.2 Å². The predicted molar refractivity (Wildman–Crippen MR) is 107 cm³/mol. The molecular weight excluding hydrogens is 340 g/mol. The van der Waals surface area contributed by atoms with E-state index < -0.39 is 0 Å². The third-order valence-corrected chi connectivity index (χ3v) is 5.57. The third-order valence-electron chi connectivity index (χ3n) is 5.57. The fourth-order valence-electron chi connectivity index (χ4n) is 4.06. The van der Waals surface area contributed by atoms with Crippen molar-refractivity contribution in [3.8, 4) is 0 Å². The average Bonchev–Trinajstić information content (AvgIpc) is 2.73. The predicted octanol–water partition coefficient (Wildman–Crippen LogP) is 1.55. The number of aromatic nitrogens is 2. The first kappa shape index (κ1) is 17.6. The summed E-state index contributed by atoms with van der Waals surface area (Å²) in [4.78, 5) is 28.1. The molecule has 2 aromatic rings. The first-order chi connectivity index (χ1) is 13.1.